The fourth-order valence-corrected chi connectivity index (χ4v) is 6.97. The summed E-state index contributed by atoms with van der Waals surface area (Å²) >= 11 is 0. The van der Waals surface area contributed by atoms with Gasteiger partial charge < -0.3 is 40.2 Å². The van der Waals surface area contributed by atoms with E-state index in [0.717, 1.165) is 43.2 Å². The van der Waals surface area contributed by atoms with Gasteiger partial charge in [-0.3, -0.25) is 0 Å². The van der Waals surface area contributed by atoms with Crippen molar-refractivity contribution >= 4 is 11.7 Å². The Balaban J connectivity index is 1.88. The zero-order chi connectivity index (χ0) is 28.9. The van der Waals surface area contributed by atoms with Crippen molar-refractivity contribution < 1.29 is 34.8 Å². The minimum atomic E-state index is -1.75. The number of rotatable bonds is 12. The van der Waals surface area contributed by atoms with Gasteiger partial charge in [-0.05, 0) is 67.7 Å². The van der Waals surface area contributed by atoms with E-state index >= 15 is 0 Å². The van der Waals surface area contributed by atoms with E-state index in [1.54, 1.807) is 25.2 Å². The molecule has 2 amide bonds. The van der Waals surface area contributed by atoms with Gasteiger partial charge in [-0.15, -0.1) is 0 Å². The number of nitrogens with one attached hydrogen (secondary N) is 1. The van der Waals surface area contributed by atoms with E-state index in [0.29, 0.717) is 30.8 Å². The van der Waals surface area contributed by atoms with Gasteiger partial charge in [-0.2, -0.15) is 0 Å². The van der Waals surface area contributed by atoms with Crippen LogP contribution in [0.5, 0.6) is 11.5 Å². The van der Waals surface area contributed by atoms with Crippen LogP contribution in [-0.2, 0) is 4.84 Å². The SMILES string of the molecule is CCCNC(=O)N(C)C1CC(=NOC)C2=CC(CCCCO)C(CCCCO)C3c4cc(O)ccc4OC1(O)C23. The first kappa shape index (κ1) is 30.1. The van der Waals surface area contributed by atoms with Crippen molar-refractivity contribution in [2.45, 2.75) is 76.0 Å². The summed E-state index contributed by atoms with van der Waals surface area (Å²) in [6, 6.07) is 3.90. The third kappa shape index (κ3) is 5.80. The molecule has 2 aliphatic carbocycles. The number of allylic oxidation sites excluding steroid dienone is 1. The number of fused-ring (bicyclic) bond motifs is 2. The van der Waals surface area contributed by atoms with E-state index in [-0.39, 0.29) is 49.2 Å². The number of benzene rings is 1. The zero-order valence-corrected chi connectivity index (χ0v) is 23.9. The topological polar surface area (TPSA) is 144 Å². The van der Waals surface area contributed by atoms with Gasteiger partial charge in [-0.25, -0.2) is 4.79 Å². The summed E-state index contributed by atoms with van der Waals surface area (Å²) in [7, 11) is 3.15. The van der Waals surface area contributed by atoms with Gasteiger partial charge in [0.05, 0.1) is 11.6 Å². The fourth-order valence-electron chi connectivity index (χ4n) is 6.97. The third-order valence-corrected chi connectivity index (χ3v) is 8.77. The van der Waals surface area contributed by atoms with Crippen molar-refractivity contribution in [1.29, 1.82) is 0 Å². The maximum atomic E-state index is 13.1. The normalized spacial score (nSPS) is 29.6. The molecule has 40 heavy (non-hydrogen) atoms. The molecule has 10 nitrogen and oxygen atoms in total. The predicted octanol–water partition coefficient (Wildman–Crippen LogP) is 3.50. The lowest BCUT2D eigenvalue weighted by molar-refractivity contribution is -0.226. The number of nitrogens with zero attached hydrogens (tertiary/aromatic N) is 2. The standard InChI is InChI=1S/C30H45N3O7/c1-4-13-31-29(37)33(2)26-18-24(32-39-3)22-16-19(9-5-7-14-34)21(10-6-8-15-35)27-23-17-20(36)11-12-25(23)40-30(26,38)28(22)27/h11-12,16-17,19,21,26-28,34-36,38H,4-10,13-15,18H2,1-3H3,(H,31,37). The molecule has 0 radical (unpaired) electrons. The first-order valence-corrected chi connectivity index (χ1v) is 14.6. The summed E-state index contributed by atoms with van der Waals surface area (Å²) in [5.74, 6) is -1.77. The van der Waals surface area contributed by atoms with E-state index < -0.39 is 17.7 Å². The second-order valence-electron chi connectivity index (χ2n) is 11.3. The van der Waals surface area contributed by atoms with Gasteiger partial charge in [0.1, 0.15) is 24.7 Å². The Morgan fingerprint density at radius 1 is 1.20 bits per heavy atom. The van der Waals surface area contributed by atoms with Crippen LogP contribution in [0, 0.1) is 17.8 Å². The number of unbranched alkanes of at least 4 members (excludes halogenated alkanes) is 2. The van der Waals surface area contributed by atoms with Gasteiger partial charge in [0.2, 0.25) is 5.79 Å². The molecule has 0 bridgehead atoms. The van der Waals surface area contributed by atoms with E-state index in [1.165, 1.54) is 12.0 Å². The molecule has 1 saturated carbocycles. The highest BCUT2D eigenvalue weighted by molar-refractivity contribution is 6.02. The molecule has 0 spiro atoms. The van der Waals surface area contributed by atoms with Crippen molar-refractivity contribution in [2.75, 3.05) is 33.9 Å². The molecule has 10 heteroatoms. The molecular weight excluding hydrogens is 514 g/mol. The second kappa shape index (κ2) is 13.2. The molecule has 5 N–H and O–H groups in total. The van der Waals surface area contributed by atoms with Crippen molar-refractivity contribution in [3.05, 3.63) is 35.4 Å². The molecule has 3 aliphatic rings. The summed E-state index contributed by atoms with van der Waals surface area (Å²) in [5.41, 5.74) is 2.32. The number of ether oxygens (including phenoxy) is 1. The average molecular weight is 560 g/mol. The van der Waals surface area contributed by atoms with Crippen molar-refractivity contribution in [3.8, 4) is 11.5 Å². The highest BCUT2D eigenvalue weighted by Crippen LogP contribution is 2.60. The van der Waals surface area contributed by atoms with Gasteiger partial charge in [0, 0.05) is 44.7 Å². The van der Waals surface area contributed by atoms with Gasteiger partial charge in [0.25, 0.3) is 0 Å². The zero-order valence-electron chi connectivity index (χ0n) is 23.9. The minimum Gasteiger partial charge on any atom is -0.508 e. The van der Waals surface area contributed by atoms with Gasteiger partial charge >= 0.3 is 6.03 Å². The molecule has 0 aromatic heterocycles. The number of hydrogen-bond donors (Lipinski definition) is 5. The summed E-state index contributed by atoms with van der Waals surface area (Å²) < 4.78 is 6.45. The first-order valence-electron chi connectivity index (χ1n) is 14.6. The van der Waals surface area contributed by atoms with Crippen LogP contribution in [0.15, 0.2) is 35.0 Å². The Bertz CT molecular complexity index is 1090. The summed E-state index contributed by atoms with van der Waals surface area (Å²) in [6.45, 7) is 2.72. The Hall–Kier alpha value is -2.82. The number of urea groups is 1. The second-order valence-corrected chi connectivity index (χ2v) is 11.3. The van der Waals surface area contributed by atoms with Gasteiger partial charge in [0.15, 0.2) is 0 Å². The largest absolute Gasteiger partial charge is 0.508 e. The van der Waals surface area contributed by atoms with Gasteiger partial charge in [-0.1, -0.05) is 31.0 Å². The van der Waals surface area contributed by atoms with Crippen LogP contribution in [-0.4, -0.2) is 82.8 Å². The molecule has 4 rings (SSSR count). The number of oxime groups is 1. The van der Waals surface area contributed by atoms with Crippen molar-refractivity contribution in [3.63, 3.8) is 0 Å². The number of aromatic hydroxyl groups is 1. The minimum absolute atomic E-state index is 0.0664. The summed E-state index contributed by atoms with van der Waals surface area (Å²) in [6.07, 6.45) is 7.86. The van der Waals surface area contributed by atoms with E-state index in [1.807, 2.05) is 6.92 Å². The maximum absolute atomic E-state index is 13.1. The van der Waals surface area contributed by atoms with Crippen LogP contribution in [0.1, 0.15) is 69.8 Å². The highest BCUT2D eigenvalue weighted by Gasteiger charge is 2.63. The average Bonchev–Trinajstić information content (AvgIpc) is 2.94. The van der Waals surface area contributed by atoms with Crippen LogP contribution < -0.4 is 10.1 Å². The Morgan fingerprint density at radius 2 is 1.93 bits per heavy atom. The number of phenols is 1. The molecule has 1 fully saturated rings. The first-order chi connectivity index (χ1) is 19.3. The molecule has 6 unspecified atom stereocenters. The molecule has 1 heterocycles. The molecule has 1 aliphatic heterocycles. The van der Waals surface area contributed by atoms with Crippen LogP contribution in [0.4, 0.5) is 4.79 Å². The molecule has 6 atom stereocenters. The Morgan fingerprint density at radius 3 is 2.60 bits per heavy atom. The van der Waals surface area contributed by atoms with E-state index in [9.17, 15) is 25.2 Å². The molecular formula is C30H45N3O7. The lowest BCUT2D eigenvalue weighted by Crippen LogP contribution is -2.69. The lowest BCUT2D eigenvalue weighted by atomic mass is 9.55. The maximum Gasteiger partial charge on any atom is 0.317 e. The van der Waals surface area contributed by atoms with E-state index in [4.69, 9.17) is 9.57 Å². The lowest BCUT2D eigenvalue weighted by Gasteiger charge is -2.58. The number of aliphatic hydroxyl groups excluding tert-OH is 2. The van der Waals surface area contributed by atoms with Crippen molar-refractivity contribution in [1.82, 2.24) is 10.2 Å². The van der Waals surface area contributed by atoms with Crippen LogP contribution in [0.25, 0.3) is 0 Å². The number of amides is 2. The number of carbonyl (C=O) groups is 1. The number of likely N-dealkylation sites (N-methyl/N-ethyl adjacent to an activating group) is 1. The smallest absolute Gasteiger partial charge is 0.317 e. The predicted molar refractivity (Wildman–Crippen MR) is 151 cm³/mol. The summed E-state index contributed by atoms with van der Waals surface area (Å²) in [4.78, 5) is 19.9. The molecule has 222 valence electrons. The van der Waals surface area contributed by atoms with Crippen LogP contribution in [0.3, 0.4) is 0 Å². The van der Waals surface area contributed by atoms with Crippen LogP contribution in [0.2, 0.25) is 0 Å². The monoisotopic (exact) mass is 559 g/mol. The van der Waals surface area contributed by atoms with Crippen molar-refractivity contribution in [2.24, 2.45) is 22.9 Å². The number of aliphatic hydroxyl groups is 3. The third-order valence-electron chi connectivity index (χ3n) is 8.77. The highest BCUT2D eigenvalue weighted by atomic mass is 16.6. The quantitative estimate of drug-likeness (QED) is 0.195. The molecule has 1 aromatic rings. The number of carbonyl (C=O) groups excluding carboxylic acids is 1. The Labute approximate surface area is 236 Å². The number of phenolic OH excluding ortho intramolecular Hbond substituents is 1. The van der Waals surface area contributed by atoms with Crippen LogP contribution >= 0.6 is 0 Å². The Kier molecular flexibility index (Phi) is 9.97. The molecule has 0 saturated heterocycles. The fraction of sp³-hybridized carbons (Fsp3) is 0.667. The van der Waals surface area contributed by atoms with E-state index in [2.05, 4.69) is 16.5 Å². The molecule has 1 aromatic carbocycles. The summed E-state index contributed by atoms with van der Waals surface area (Å²) in [5, 5.41) is 49.4. The number of hydrogen-bond acceptors (Lipinski definition) is 8.